The van der Waals surface area contributed by atoms with E-state index in [9.17, 15) is 14.7 Å². The molecule has 0 aliphatic carbocycles. The molecule has 0 saturated heterocycles. The minimum atomic E-state index is -1.05. The Morgan fingerprint density at radius 3 is 2.04 bits per heavy atom. The van der Waals surface area contributed by atoms with E-state index in [2.05, 4.69) is 4.99 Å². The zero-order valence-corrected chi connectivity index (χ0v) is 12.4. The summed E-state index contributed by atoms with van der Waals surface area (Å²) in [6, 6.07) is 17.8. The molecule has 1 unspecified atom stereocenters. The maximum absolute atomic E-state index is 12.3. The van der Waals surface area contributed by atoms with Crippen molar-refractivity contribution in [2.75, 3.05) is 6.73 Å². The van der Waals surface area contributed by atoms with Crippen LogP contribution in [0.2, 0.25) is 0 Å². The van der Waals surface area contributed by atoms with E-state index in [4.69, 9.17) is 0 Å². The SMILES string of the molecule is O=CC(=O)C1N(CO)C=NC1(c1ccccc1)c1ccccc1. The summed E-state index contributed by atoms with van der Waals surface area (Å²) >= 11 is 0. The predicted molar refractivity (Wildman–Crippen MR) is 85.9 cm³/mol. The van der Waals surface area contributed by atoms with Gasteiger partial charge >= 0.3 is 0 Å². The molecule has 0 amide bonds. The van der Waals surface area contributed by atoms with Crippen molar-refractivity contribution < 1.29 is 14.7 Å². The molecule has 1 heterocycles. The van der Waals surface area contributed by atoms with Crippen LogP contribution < -0.4 is 0 Å². The number of nitrogens with zero attached hydrogens (tertiary/aromatic N) is 2. The fourth-order valence-electron chi connectivity index (χ4n) is 3.11. The van der Waals surface area contributed by atoms with E-state index < -0.39 is 24.1 Å². The van der Waals surface area contributed by atoms with E-state index in [0.29, 0.717) is 6.29 Å². The number of Topliss-reactive ketones (excluding diaryl/α,β-unsaturated/α-hetero) is 1. The number of benzene rings is 2. The van der Waals surface area contributed by atoms with Gasteiger partial charge in [-0.2, -0.15) is 0 Å². The molecule has 1 atom stereocenters. The van der Waals surface area contributed by atoms with Gasteiger partial charge in [0.2, 0.25) is 5.78 Å². The van der Waals surface area contributed by atoms with Crippen molar-refractivity contribution in [1.29, 1.82) is 0 Å². The third-order valence-corrected chi connectivity index (χ3v) is 4.11. The van der Waals surface area contributed by atoms with Gasteiger partial charge in [0, 0.05) is 0 Å². The Hall–Kier alpha value is -2.79. The molecule has 1 aliphatic heterocycles. The number of carbonyl (C=O) groups is 2. The monoisotopic (exact) mass is 308 g/mol. The molecule has 5 nitrogen and oxygen atoms in total. The number of rotatable bonds is 5. The first-order chi connectivity index (χ1) is 11.2. The number of ketones is 1. The summed E-state index contributed by atoms with van der Waals surface area (Å²) in [5.74, 6) is -0.621. The molecule has 2 aromatic carbocycles. The summed E-state index contributed by atoms with van der Waals surface area (Å²) in [5.41, 5.74) is 0.528. The van der Waals surface area contributed by atoms with Crippen LogP contribution in [0, 0.1) is 0 Å². The number of aliphatic hydroxyl groups is 1. The van der Waals surface area contributed by atoms with Crippen LogP contribution in [0.25, 0.3) is 0 Å². The number of aliphatic hydroxyl groups excluding tert-OH is 1. The van der Waals surface area contributed by atoms with Crippen molar-refractivity contribution in [3.63, 3.8) is 0 Å². The average molecular weight is 308 g/mol. The van der Waals surface area contributed by atoms with Crippen LogP contribution in [0.3, 0.4) is 0 Å². The van der Waals surface area contributed by atoms with Gasteiger partial charge in [-0.25, -0.2) is 0 Å². The largest absolute Gasteiger partial charge is 0.376 e. The lowest BCUT2D eigenvalue weighted by Crippen LogP contribution is -2.50. The van der Waals surface area contributed by atoms with Crippen LogP contribution >= 0.6 is 0 Å². The second kappa shape index (κ2) is 6.14. The fourth-order valence-corrected chi connectivity index (χ4v) is 3.11. The van der Waals surface area contributed by atoms with Crippen LogP contribution in [0.1, 0.15) is 11.1 Å². The predicted octanol–water partition coefficient (Wildman–Crippen LogP) is 1.36. The highest BCUT2D eigenvalue weighted by molar-refractivity contribution is 6.28. The van der Waals surface area contributed by atoms with Gasteiger partial charge in [0.15, 0.2) is 6.29 Å². The first kappa shape index (κ1) is 15.1. The normalized spacial score (nSPS) is 18.8. The molecule has 0 spiro atoms. The third-order valence-electron chi connectivity index (χ3n) is 4.11. The Labute approximate surface area is 133 Å². The zero-order valence-electron chi connectivity index (χ0n) is 12.4. The lowest BCUT2D eigenvalue weighted by atomic mass is 9.76. The van der Waals surface area contributed by atoms with Crippen molar-refractivity contribution in [1.82, 2.24) is 4.90 Å². The molecule has 23 heavy (non-hydrogen) atoms. The topological polar surface area (TPSA) is 70.0 Å². The molecular weight excluding hydrogens is 292 g/mol. The highest BCUT2D eigenvalue weighted by Crippen LogP contribution is 2.42. The van der Waals surface area contributed by atoms with E-state index >= 15 is 0 Å². The summed E-state index contributed by atoms with van der Waals surface area (Å²) in [5, 5.41) is 9.57. The van der Waals surface area contributed by atoms with Gasteiger partial charge < -0.3 is 10.0 Å². The third kappa shape index (κ3) is 2.35. The molecule has 3 rings (SSSR count). The Balaban J connectivity index is 2.26. The fraction of sp³-hybridized carbons (Fsp3) is 0.167. The highest BCUT2D eigenvalue weighted by Gasteiger charge is 2.51. The number of aldehydes is 1. The zero-order chi connectivity index (χ0) is 16.3. The number of hydrogen-bond acceptors (Lipinski definition) is 5. The van der Waals surface area contributed by atoms with Gasteiger partial charge in [0.05, 0.1) is 6.34 Å². The molecule has 0 saturated carbocycles. The van der Waals surface area contributed by atoms with Crippen LogP contribution in [-0.2, 0) is 15.1 Å². The standard InChI is InChI=1S/C18H16N2O3/c21-11-16(23)17-18(19-12-20(17)13-22,14-7-3-1-4-8-14)15-9-5-2-6-10-15/h1-12,17,22H,13H2. The van der Waals surface area contributed by atoms with Crippen LogP contribution in [0.15, 0.2) is 65.7 Å². The molecular formula is C18H16N2O3. The summed E-state index contributed by atoms with van der Waals surface area (Å²) in [6.45, 7) is -0.394. The maximum atomic E-state index is 12.3. The Morgan fingerprint density at radius 1 is 1.09 bits per heavy atom. The van der Waals surface area contributed by atoms with Gasteiger partial charge in [-0.05, 0) is 11.1 Å². The van der Waals surface area contributed by atoms with E-state index in [1.54, 1.807) is 0 Å². The maximum Gasteiger partial charge on any atom is 0.220 e. The van der Waals surface area contributed by atoms with Crippen LogP contribution in [0.4, 0.5) is 0 Å². The number of hydrogen-bond donors (Lipinski definition) is 1. The quantitative estimate of drug-likeness (QED) is 0.669. The van der Waals surface area contributed by atoms with Crippen LogP contribution in [-0.4, -0.2) is 41.2 Å². The van der Waals surface area contributed by atoms with Gasteiger partial charge in [0.1, 0.15) is 18.3 Å². The molecule has 1 aliphatic rings. The van der Waals surface area contributed by atoms with Gasteiger partial charge in [-0.3, -0.25) is 14.6 Å². The molecule has 1 N–H and O–H groups in total. The lowest BCUT2D eigenvalue weighted by Gasteiger charge is -2.35. The van der Waals surface area contributed by atoms with E-state index in [0.717, 1.165) is 11.1 Å². The van der Waals surface area contributed by atoms with Crippen molar-refractivity contribution in [2.24, 2.45) is 4.99 Å². The first-order valence-corrected chi connectivity index (χ1v) is 7.26. The van der Waals surface area contributed by atoms with Crippen molar-refractivity contribution in [2.45, 2.75) is 11.6 Å². The Kier molecular flexibility index (Phi) is 4.04. The number of aliphatic imine (C=N–C) groups is 1. The smallest absolute Gasteiger partial charge is 0.220 e. The minimum Gasteiger partial charge on any atom is -0.376 e. The molecule has 116 valence electrons. The Morgan fingerprint density at radius 2 is 1.61 bits per heavy atom. The summed E-state index contributed by atoms with van der Waals surface area (Å²) in [4.78, 5) is 29.5. The van der Waals surface area contributed by atoms with Gasteiger partial charge in [-0.1, -0.05) is 60.7 Å². The molecule has 0 aromatic heterocycles. The second-order valence-corrected chi connectivity index (χ2v) is 5.32. The molecule has 5 heteroatoms. The van der Waals surface area contributed by atoms with Gasteiger partial charge in [0.25, 0.3) is 0 Å². The van der Waals surface area contributed by atoms with Crippen molar-refractivity contribution >= 4 is 18.4 Å². The molecule has 0 radical (unpaired) electrons. The summed E-state index contributed by atoms with van der Waals surface area (Å²) < 4.78 is 0. The lowest BCUT2D eigenvalue weighted by molar-refractivity contribution is -0.134. The van der Waals surface area contributed by atoms with Crippen molar-refractivity contribution in [3.05, 3.63) is 71.8 Å². The summed E-state index contributed by atoms with van der Waals surface area (Å²) in [6.07, 6.45) is 1.73. The van der Waals surface area contributed by atoms with E-state index in [1.165, 1.54) is 11.2 Å². The average Bonchev–Trinajstić information content (AvgIpc) is 3.03. The molecule has 0 bridgehead atoms. The summed E-state index contributed by atoms with van der Waals surface area (Å²) in [7, 11) is 0. The minimum absolute atomic E-state index is 0.294. The molecule has 0 fully saturated rings. The highest BCUT2D eigenvalue weighted by atomic mass is 16.3. The first-order valence-electron chi connectivity index (χ1n) is 7.26. The van der Waals surface area contributed by atoms with Crippen LogP contribution in [0.5, 0.6) is 0 Å². The Bertz CT molecular complexity index is 689. The van der Waals surface area contributed by atoms with Crippen molar-refractivity contribution in [3.8, 4) is 0 Å². The number of carbonyl (C=O) groups excluding carboxylic acids is 2. The van der Waals surface area contributed by atoms with E-state index in [-0.39, 0.29) is 0 Å². The van der Waals surface area contributed by atoms with E-state index in [1.807, 2.05) is 60.7 Å². The second-order valence-electron chi connectivity index (χ2n) is 5.32. The van der Waals surface area contributed by atoms with Gasteiger partial charge in [-0.15, -0.1) is 0 Å². The molecule has 2 aromatic rings.